The van der Waals surface area contributed by atoms with Gasteiger partial charge < -0.3 is 19.6 Å². The van der Waals surface area contributed by atoms with Gasteiger partial charge in [0.15, 0.2) is 6.61 Å². The highest BCUT2D eigenvalue weighted by Crippen LogP contribution is 2.23. The third kappa shape index (κ3) is 4.20. The first-order valence-corrected chi connectivity index (χ1v) is 8.33. The second kappa shape index (κ2) is 7.43. The normalized spacial score (nSPS) is 18.8. The molecule has 1 N–H and O–H groups in total. The maximum atomic E-state index is 10.7. The van der Waals surface area contributed by atoms with Gasteiger partial charge in [-0.25, -0.2) is 4.79 Å². The van der Waals surface area contributed by atoms with Crippen molar-refractivity contribution < 1.29 is 14.6 Å². The van der Waals surface area contributed by atoms with Crippen LogP contribution in [0.3, 0.4) is 0 Å². The number of piperidine rings is 2. The monoisotopic (exact) mass is 321 g/mol. The Balaban J connectivity index is 1.83. The van der Waals surface area contributed by atoms with E-state index in [1.54, 1.807) is 0 Å². The van der Waals surface area contributed by atoms with E-state index in [0.29, 0.717) is 11.9 Å². The molecule has 1 aromatic rings. The number of nitrogens with zero attached hydrogens (tertiary/aromatic N) is 5. The smallest absolute Gasteiger partial charge is 0.341 e. The van der Waals surface area contributed by atoms with Crippen molar-refractivity contribution in [3.63, 3.8) is 0 Å². The predicted octanol–water partition coefficient (Wildman–Crippen LogP) is 1.32. The van der Waals surface area contributed by atoms with E-state index in [2.05, 4.69) is 24.8 Å². The van der Waals surface area contributed by atoms with Crippen LogP contribution < -0.4 is 14.5 Å². The lowest BCUT2D eigenvalue weighted by molar-refractivity contribution is -0.139. The Morgan fingerprint density at radius 3 is 1.78 bits per heavy atom. The molecule has 0 saturated carbocycles. The van der Waals surface area contributed by atoms with Crippen LogP contribution in [0, 0.1) is 0 Å². The van der Waals surface area contributed by atoms with Gasteiger partial charge in [0.1, 0.15) is 0 Å². The molecule has 2 aliphatic rings. The van der Waals surface area contributed by atoms with Crippen LogP contribution in [-0.4, -0.2) is 58.8 Å². The summed E-state index contributed by atoms with van der Waals surface area (Å²) in [6, 6.07) is 0.101. The van der Waals surface area contributed by atoms with Crippen LogP contribution in [0.2, 0.25) is 0 Å². The van der Waals surface area contributed by atoms with E-state index in [0.717, 1.165) is 51.9 Å². The number of aliphatic carboxylic acids is 1. The molecule has 2 aliphatic heterocycles. The quantitative estimate of drug-likeness (QED) is 0.868. The van der Waals surface area contributed by atoms with Crippen LogP contribution >= 0.6 is 0 Å². The molecule has 0 aliphatic carbocycles. The standard InChI is InChI=1S/C15H23N5O3/c21-12(22)11-23-15-17-13(19-7-3-1-4-8-19)16-14(18-15)20-9-5-2-6-10-20/h1-11H2,(H,21,22). The summed E-state index contributed by atoms with van der Waals surface area (Å²) >= 11 is 0. The molecule has 0 aromatic carbocycles. The molecule has 0 spiro atoms. The molecule has 2 saturated heterocycles. The van der Waals surface area contributed by atoms with Crippen LogP contribution in [-0.2, 0) is 4.79 Å². The number of carboxylic acid groups (broad SMARTS) is 1. The highest BCUT2D eigenvalue weighted by atomic mass is 16.5. The van der Waals surface area contributed by atoms with Gasteiger partial charge in [-0.2, -0.15) is 15.0 Å². The van der Waals surface area contributed by atoms with Crippen LogP contribution in [0.4, 0.5) is 11.9 Å². The van der Waals surface area contributed by atoms with Gasteiger partial charge in [0.2, 0.25) is 11.9 Å². The first-order valence-electron chi connectivity index (χ1n) is 8.33. The molecule has 23 heavy (non-hydrogen) atoms. The van der Waals surface area contributed by atoms with Crippen LogP contribution in [0.25, 0.3) is 0 Å². The molecule has 8 heteroatoms. The second-order valence-corrected chi connectivity index (χ2v) is 6.00. The molecule has 0 atom stereocenters. The van der Waals surface area contributed by atoms with Gasteiger partial charge in [-0.1, -0.05) is 0 Å². The molecule has 2 fully saturated rings. The molecule has 3 heterocycles. The Bertz CT molecular complexity index is 506. The minimum Gasteiger partial charge on any atom is -0.479 e. The minimum absolute atomic E-state index is 0.101. The van der Waals surface area contributed by atoms with Gasteiger partial charge >= 0.3 is 12.0 Å². The van der Waals surface area contributed by atoms with Crippen molar-refractivity contribution in [2.75, 3.05) is 42.6 Å². The highest BCUT2D eigenvalue weighted by molar-refractivity contribution is 5.68. The van der Waals surface area contributed by atoms with E-state index >= 15 is 0 Å². The van der Waals surface area contributed by atoms with Gasteiger partial charge in [-0.05, 0) is 38.5 Å². The fourth-order valence-electron chi connectivity index (χ4n) is 3.00. The Kier molecular flexibility index (Phi) is 5.09. The van der Waals surface area contributed by atoms with E-state index in [9.17, 15) is 4.79 Å². The number of rotatable bonds is 5. The second-order valence-electron chi connectivity index (χ2n) is 6.00. The topological polar surface area (TPSA) is 91.7 Å². The third-order valence-corrected chi connectivity index (χ3v) is 4.19. The maximum Gasteiger partial charge on any atom is 0.341 e. The van der Waals surface area contributed by atoms with Crippen molar-refractivity contribution in [2.45, 2.75) is 38.5 Å². The van der Waals surface area contributed by atoms with Crippen LogP contribution in [0.15, 0.2) is 0 Å². The SMILES string of the molecule is O=C(O)COc1nc(N2CCCCC2)nc(N2CCCCC2)n1. The molecule has 126 valence electrons. The Morgan fingerprint density at radius 1 is 0.870 bits per heavy atom. The average Bonchev–Trinajstić information content (AvgIpc) is 2.61. The maximum absolute atomic E-state index is 10.7. The van der Waals surface area contributed by atoms with E-state index in [1.807, 2.05) is 0 Å². The van der Waals surface area contributed by atoms with Crippen molar-refractivity contribution in [1.82, 2.24) is 15.0 Å². The molecule has 0 amide bonds. The molecule has 8 nitrogen and oxygen atoms in total. The molecule has 1 aromatic heterocycles. The Morgan fingerprint density at radius 2 is 1.35 bits per heavy atom. The lowest BCUT2D eigenvalue weighted by atomic mass is 10.1. The zero-order valence-electron chi connectivity index (χ0n) is 13.3. The summed E-state index contributed by atoms with van der Waals surface area (Å²) in [7, 11) is 0. The molecule has 0 unspecified atom stereocenters. The number of carbonyl (C=O) groups is 1. The van der Waals surface area contributed by atoms with E-state index in [-0.39, 0.29) is 6.01 Å². The van der Waals surface area contributed by atoms with Crippen molar-refractivity contribution in [3.05, 3.63) is 0 Å². The summed E-state index contributed by atoms with van der Waals surface area (Å²) in [4.78, 5) is 28.2. The molecular formula is C15H23N5O3. The largest absolute Gasteiger partial charge is 0.479 e. The summed E-state index contributed by atoms with van der Waals surface area (Å²) in [6.07, 6.45) is 6.93. The fraction of sp³-hybridized carbons (Fsp3) is 0.733. The Labute approximate surface area is 135 Å². The van der Waals surface area contributed by atoms with Crippen molar-refractivity contribution in [1.29, 1.82) is 0 Å². The number of anilines is 2. The first-order chi connectivity index (χ1) is 11.2. The predicted molar refractivity (Wildman–Crippen MR) is 85.1 cm³/mol. The first kappa shape index (κ1) is 15.8. The van der Waals surface area contributed by atoms with Crippen molar-refractivity contribution in [3.8, 4) is 6.01 Å². The van der Waals surface area contributed by atoms with E-state index < -0.39 is 12.6 Å². The molecule has 3 rings (SSSR count). The van der Waals surface area contributed by atoms with Crippen molar-refractivity contribution in [2.24, 2.45) is 0 Å². The van der Waals surface area contributed by atoms with Crippen LogP contribution in [0.1, 0.15) is 38.5 Å². The minimum atomic E-state index is -1.04. The highest BCUT2D eigenvalue weighted by Gasteiger charge is 2.21. The summed E-state index contributed by atoms with van der Waals surface area (Å²) in [5.74, 6) is 0.158. The Hall–Kier alpha value is -2.12. The van der Waals surface area contributed by atoms with Gasteiger partial charge in [0.05, 0.1) is 0 Å². The van der Waals surface area contributed by atoms with Gasteiger partial charge in [-0.15, -0.1) is 0 Å². The number of ether oxygens (including phenoxy) is 1. The zero-order chi connectivity index (χ0) is 16.1. The van der Waals surface area contributed by atoms with Gasteiger partial charge in [0.25, 0.3) is 0 Å². The summed E-state index contributed by atoms with van der Waals surface area (Å²) in [5, 5.41) is 8.79. The summed E-state index contributed by atoms with van der Waals surface area (Å²) in [6.45, 7) is 3.23. The fourth-order valence-corrected chi connectivity index (χ4v) is 3.00. The number of hydrogen-bond acceptors (Lipinski definition) is 7. The zero-order valence-corrected chi connectivity index (χ0v) is 13.3. The lowest BCUT2D eigenvalue weighted by Gasteiger charge is -2.30. The number of hydrogen-bond donors (Lipinski definition) is 1. The number of aromatic nitrogens is 3. The van der Waals surface area contributed by atoms with Crippen LogP contribution in [0.5, 0.6) is 6.01 Å². The molecule has 0 bridgehead atoms. The lowest BCUT2D eigenvalue weighted by Crippen LogP contribution is -2.34. The van der Waals surface area contributed by atoms with Gasteiger partial charge in [-0.3, -0.25) is 0 Å². The van der Waals surface area contributed by atoms with E-state index in [4.69, 9.17) is 9.84 Å². The number of carboxylic acids is 1. The molecular weight excluding hydrogens is 298 g/mol. The van der Waals surface area contributed by atoms with Crippen molar-refractivity contribution >= 4 is 17.9 Å². The van der Waals surface area contributed by atoms with E-state index in [1.165, 1.54) is 12.8 Å². The average molecular weight is 321 g/mol. The molecule has 0 radical (unpaired) electrons. The summed E-state index contributed by atoms with van der Waals surface area (Å²) in [5.41, 5.74) is 0. The summed E-state index contributed by atoms with van der Waals surface area (Å²) < 4.78 is 5.22. The third-order valence-electron chi connectivity index (χ3n) is 4.19. The van der Waals surface area contributed by atoms with Gasteiger partial charge in [0, 0.05) is 26.2 Å².